The molecule has 1 aromatic heterocycles. The maximum absolute atomic E-state index is 12.0. The van der Waals surface area contributed by atoms with Crippen LogP contribution in [0.2, 0.25) is 5.02 Å². The number of rotatable bonds is 5. The lowest BCUT2D eigenvalue weighted by Crippen LogP contribution is -2.30. The molecule has 1 heterocycles. The van der Waals surface area contributed by atoms with Crippen LogP contribution in [0.5, 0.6) is 0 Å². The van der Waals surface area contributed by atoms with Crippen LogP contribution < -0.4 is 10.9 Å². The van der Waals surface area contributed by atoms with Crippen LogP contribution in [0.3, 0.4) is 0 Å². The molecule has 0 aliphatic heterocycles. The molecule has 0 saturated carbocycles. The van der Waals surface area contributed by atoms with Crippen LogP contribution in [0.15, 0.2) is 41.3 Å². The average molecular weight is 378 g/mol. The van der Waals surface area contributed by atoms with E-state index in [1.54, 1.807) is 0 Å². The fourth-order valence-corrected chi connectivity index (χ4v) is 3.83. The fourth-order valence-electron chi connectivity index (χ4n) is 2.10. The Bertz CT molecular complexity index is 877. The van der Waals surface area contributed by atoms with Crippen LogP contribution in [0.4, 0.5) is 5.13 Å². The van der Waals surface area contributed by atoms with Crippen LogP contribution in [0.25, 0.3) is 10.2 Å². The van der Waals surface area contributed by atoms with Crippen molar-refractivity contribution in [1.82, 2.24) is 10.4 Å². The zero-order valence-electron chi connectivity index (χ0n) is 13.2. The van der Waals surface area contributed by atoms with E-state index in [9.17, 15) is 4.79 Å². The smallest absolute Gasteiger partial charge is 0.248 e. The average Bonchev–Trinajstić information content (AvgIpc) is 3.00. The Kier molecular flexibility index (Phi) is 5.28. The number of thiazole rings is 1. The number of amides is 1. The number of carbonyl (C=O) groups is 1. The van der Waals surface area contributed by atoms with Crippen molar-refractivity contribution in [2.45, 2.75) is 18.7 Å². The Hall–Kier alpha value is -1.76. The van der Waals surface area contributed by atoms with Crippen molar-refractivity contribution in [3.05, 3.63) is 52.5 Å². The Morgan fingerprint density at radius 2 is 1.96 bits per heavy atom. The van der Waals surface area contributed by atoms with Gasteiger partial charge < -0.3 is 0 Å². The minimum absolute atomic E-state index is 0.102. The number of fused-ring (bicyclic) bond motifs is 1. The first kappa shape index (κ1) is 17.1. The van der Waals surface area contributed by atoms with Crippen molar-refractivity contribution in [3.63, 3.8) is 0 Å². The summed E-state index contributed by atoms with van der Waals surface area (Å²) in [5.41, 5.74) is 8.57. The van der Waals surface area contributed by atoms with Crippen LogP contribution in [-0.4, -0.2) is 16.6 Å². The van der Waals surface area contributed by atoms with E-state index >= 15 is 0 Å². The van der Waals surface area contributed by atoms with Crippen LogP contribution >= 0.6 is 34.7 Å². The van der Waals surface area contributed by atoms with Crippen LogP contribution in [-0.2, 0) is 4.79 Å². The highest BCUT2D eigenvalue weighted by Gasteiger charge is 2.09. The molecule has 0 atom stereocenters. The molecule has 24 heavy (non-hydrogen) atoms. The van der Waals surface area contributed by atoms with Gasteiger partial charge in [-0.1, -0.05) is 40.6 Å². The van der Waals surface area contributed by atoms with Gasteiger partial charge in [0.15, 0.2) is 0 Å². The van der Waals surface area contributed by atoms with Crippen LogP contribution in [0.1, 0.15) is 11.1 Å². The number of benzene rings is 2. The molecule has 3 rings (SSSR count). The number of carbonyl (C=O) groups excluding carboxylic acids is 1. The Morgan fingerprint density at radius 3 is 2.71 bits per heavy atom. The third-order valence-electron chi connectivity index (χ3n) is 3.45. The molecule has 0 radical (unpaired) electrons. The monoisotopic (exact) mass is 377 g/mol. The molecule has 0 unspecified atom stereocenters. The molecule has 2 aromatic carbocycles. The van der Waals surface area contributed by atoms with E-state index in [-0.39, 0.29) is 5.91 Å². The van der Waals surface area contributed by atoms with Gasteiger partial charge >= 0.3 is 0 Å². The maximum Gasteiger partial charge on any atom is 0.248 e. The van der Waals surface area contributed by atoms with E-state index in [0.717, 1.165) is 20.7 Å². The van der Waals surface area contributed by atoms with E-state index in [4.69, 9.17) is 11.6 Å². The number of hydrazine groups is 1. The summed E-state index contributed by atoms with van der Waals surface area (Å²) in [6.45, 7) is 3.98. The van der Waals surface area contributed by atoms with Gasteiger partial charge in [0.25, 0.3) is 0 Å². The molecule has 0 aliphatic rings. The molecule has 0 bridgehead atoms. The first-order chi connectivity index (χ1) is 11.5. The van der Waals surface area contributed by atoms with Crippen LogP contribution in [0, 0.1) is 13.8 Å². The Labute approximate surface area is 153 Å². The number of aromatic nitrogens is 1. The van der Waals surface area contributed by atoms with Crippen molar-refractivity contribution < 1.29 is 4.79 Å². The first-order valence-electron chi connectivity index (χ1n) is 7.33. The molecule has 0 fully saturated rings. The summed E-state index contributed by atoms with van der Waals surface area (Å²) in [4.78, 5) is 17.5. The highest BCUT2D eigenvalue weighted by atomic mass is 35.5. The Balaban J connectivity index is 1.56. The molecular weight excluding hydrogens is 362 g/mol. The maximum atomic E-state index is 12.0. The van der Waals surface area contributed by atoms with Gasteiger partial charge in [0.1, 0.15) is 0 Å². The largest absolute Gasteiger partial charge is 0.273 e. The number of nitrogens with one attached hydrogen (secondary N) is 2. The van der Waals surface area contributed by atoms with E-state index in [1.807, 2.05) is 50.2 Å². The SMILES string of the molecule is Cc1ccc(SCC(=O)NNc2nc3c(C)c(Cl)ccc3s2)cc1. The van der Waals surface area contributed by atoms with Gasteiger partial charge in [-0.2, -0.15) is 0 Å². The zero-order chi connectivity index (χ0) is 17.1. The molecule has 124 valence electrons. The van der Waals surface area contributed by atoms with Gasteiger partial charge in [-0.25, -0.2) is 4.98 Å². The van der Waals surface area contributed by atoms with Crippen molar-refractivity contribution >= 4 is 56.0 Å². The zero-order valence-corrected chi connectivity index (χ0v) is 15.6. The van der Waals surface area contributed by atoms with E-state index < -0.39 is 0 Å². The van der Waals surface area contributed by atoms with Gasteiger partial charge in [0.05, 0.1) is 16.0 Å². The Morgan fingerprint density at radius 1 is 1.21 bits per heavy atom. The number of halogens is 1. The molecule has 4 nitrogen and oxygen atoms in total. The second-order valence-electron chi connectivity index (χ2n) is 5.31. The molecule has 0 aliphatic carbocycles. The minimum Gasteiger partial charge on any atom is -0.273 e. The van der Waals surface area contributed by atoms with Gasteiger partial charge in [0, 0.05) is 9.92 Å². The van der Waals surface area contributed by atoms with E-state index in [0.29, 0.717) is 15.9 Å². The standard InChI is InChI=1S/C17H16ClN3OS2/c1-10-3-5-12(6-4-10)23-9-15(22)20-21-17-19-16-11(2)13(18)7-8-14(16)24-17/h3-8H,9H2,1-2H3,(H,19,21)(H,20,22). The van der Waals surface area contributed by atoms with Crippen molar-refractivity contribution in [3.8, 4) is 0 Å². The summed E-state index contributed by atoms with van der Waals surface area (Å²) in [6.07, 6.45) is 0. The summed E-state index contributed by atoms with van der Waals surface area (Å²) in [5.74, 6) is 0.237. The number of aryl methyl sites for hydroxylation is 2. The topological polar surface area (TPSA) is 54.0 Å². The summed E-state index contributed by atoms with van der Waals surface area (Å²) < 4.78 is 1.03. The van der Waals surface area contributed by atoms with E-state index in [2.05, 4.69) is 15.8 Å². The highest BCUT2D eigenvalue weighted by Crippen LogP contribution is 2.31. The third kappa shape index (κ3) is 4.01. The van der Waals surface area contributed by atoms with Crippen molar-refractivity contribution in [2.24, 2.45) is 0 Å². The second-order valence-corrected chi connectivity index (χ2v) is 7.80. The fraction of sp³-hybridized carbons (Fsp3) is 0.176. The van der Waals surface area contributed by atoms with Crippen molar-refractivity contribution in [1.29, 1.82) is 0 Å². The summed E-state index contributed by atoms with van der Waals surface area (Å²) in [5, 5.41) is 1.34. The number of hydrogen-bond donors (Lipinski definition) is 2. The molecule has 3 aromatic rings. The van der Waals surface area contributed by atoms with Gasteiger partial charge in [0.2, 0.25) is 11.0 Å². The predicted molar refractivity (Wildman–Crippen MR) is 103 cm³/mol. The first-order valence-corrected chi connectivity index (χ1v) is 9.51. The predicted octanol–water partition coefficient (Wildman–Crippen LogP) is 4.80. The van der Waals surface area contributed by atoms with Gasteiger partial charge in [-0.3, -0.25) is 15.6 Å². The lowest BCUT2D eigenvalue weighted by Gasteiger charge is -2.05. The number of anilines is 1. The molecule has 2 N–H and O–H groups in total. The molecular formula is C17H16ClN3OS2. The summed E-state index contributed by atoms with van der Waals surface area (Å²) in [7, 11) is 0. The van der Waals surface area contributed by atoms with Gasteiger partial charge in [-0.05, 0) is 43.7 Å². The van der Waals surface area contributed by atoms with E-state index in [1.165, 1.54) is 28.7 Å². The lowest BCUT2D eigenvalue weighted by molar-refractivity contribution is -0.118. The second kappa shape index (κ2) is 7.42. The van der Waals surface area contributed by atoms with Crippen molar-refractivity contribution in [2.75, 3.05) is 11.2 Å². The number of thioether (sulfide) groups is 1. The molecule has 0 spiro atoms. The minimum atomic E-state index is -0.102. The summed E-state index contributed by atoms with van der Waals surface area (Å²) in [6, 6.07) is 11.9. The number of nitrogens with zero attached hydrogens (tertiary/aromatic N) is 1. The normalized spacial score (nSPS) is 10.8. The third-order valence-corrected chi connectivity index (χ3v) is 5.81. The highest BCUT2D eigenvalue weighted by molar-refractivity contribution is 8.00. The molecule has 7 heteroatoms. The number of hydrogen-bond acceptors (Lipinski definition) is 5. The summed E-state index contributed by atoms with van der Waals surface area (Å²) >= 11 is 9.08. The molecule has 1 amide bonds. The lowest BCUT2D eigenvalue weighted by atomic mass is 10.2. The molecule has 0 saturated heterocycles. The van der Waals surface area contributed by atoms with Gasteiger partial charge in [-0.15, -0.1) is 11.8 Å². The quantitative estimate of drug-likeness (QED) is 0.495.